The smallest absolute Gasteiger partial charge is 0.204 e. The summed E-state index contributed by atoms with van der Waals surface area (Å²) in [5.74, 6) is 0. The van der Waals surface area contributed by atoms with E-state index in [4.69, 9.17) is 10.8 Å². The Hall–Kier alpha value is -0.0600. The van der Waals surface area contributed by atoms with Crippen LogP contribution in [0.15, 0.2) is 0 Å². The molecule has 0 rings (SSSR count). The molecule has 0 fully saturated rings. The summed E-state index contributed by atoms with van der Waals surface area (Å²) in [6.45, 7) is -0.331. The van der Waals surface area contributed by atoms with Crippen LogP contribution in [0.4, 0.5) is 0 Å². The molecule has 0 saturated carbocycles. The van der Waals surface area contributed by atoms with Crippen molar-refractivity contribution in [3.05, 3.63) is 0 Å². The number of hydrogen-bond acceptors (Lipinski definition) is 3. The van der Waals surface area contributed by atoms with Gasteiger partial charge in [0.25, 0.3) is 0 Å². The molecule has 0 radical (unpaired) electrons. The third-order valence-electron chi connectivity index (χ3n) is 0.514. The van der Waals surface area contributed by atoms with Crippen molar-refractivity contribution < 1.29 is 9.90 Å². The molecule has 0 heterocycles. The highest BCUT2D eigenvalue weighted by atomic mass is 32.1. The second kappa shape index (κ2) is 3.01. The lowest BCUT2D eigenvalue weighted by Crippen LogP contribution is -2.30. The second-order valence-electron chi connectivity index (χ2n) is 1.13. The van der Waals surface area contributed by atoms with Gasteiger partial charge in [-0.1, -0.05) is 0 Å². The molecule has 1 atom stereocenters. The highest BCUT2D eigenvalue weighted by molar-refractivity contribution is 7.96. The average Bonchev–Trinajstić information content (AvgIpc) is 1.65. The van der Waals surface area contributed by atoms with Gasteiger partial charge in [-0.05, 0) is 0 Å². The molecule has 4 heteroatoms. The molecule has 0 aliphatic heterocycles. The van der Waals surface area contributed by atoms with Gasteiger partial charge < -0.3 is 10.8 Å². The predicted molar refractivity (Wildman–Crippen MR) is 29.1 cm³/mol. The predicted octanol–water partition coefficient (Wildman–Crippen LogP) is -1.24. The van der Waals surface area contributed by atoms with E-state index in [1.807, 2.05) is 0 Å². The van der Waals surface area contributed by atoms with Gasteiger partial charge in [0.05, 0.1) is 12.6 Å². The van der Waals surface area contributed by atoms with Crippen LogP contribution in [0.2, 0.25) is 0 Å². The van der Waals surface area contributed by atoms with Crippen molar-refractivity contribution in [1.29, 1.82) is 0 Å². The Morgan fingerprint density at radius 2 is 2.43 bits per heavy atom. The zero-order valence-electron chi connectivity index (χ0n) is 3.66. The summed E-state index contributed by atoms with van der Waals surface area (Å²) in [6.07, 6.45) is 0. The summed E-state index contributed by atoms with van der Waals surface area (Å²) in [6, 6.07) is -0.816. The van der Waals surface area contributed by atoms with Crippen molar-refractivity contribution in [1.82, 2.24) is 0 Å². The Kier molecular flexibility index (Phi) is 2.98. The van der Waals surface area contributed by atoms with Gasteiger partial charge in [-0.2, -0.15) is 0 Å². The average molecular weight is 121 g/mol. The van der Waals surface area contributed by atoms with Crippen molar-refractivity contribution in [2.45, 2.75) is 6.04 Å². The summed E-state index contributed by atoms with van der Waals surface area (Å²) in [4.78, 5) is 9.95. The van der Waals surface area contributed by atoms with Gasteiger partial charge in [0.1, 0.15) is 0 Å². The standard InChI is InChI=1S/C3H7NO2S/c4-2(1-5)3(6)7/h2,5H,1,4H2,(H,6,7)/t2-/m0/s1. The van der Waals surface area contributed by atoms with Gasteiger partial charge >= 0.3 is 0 Å². The molecule has 0 spiro atoms. The van der Waals surface area contributed by atoms with E-state index in [0.717, 1.165) is 0 Å². The first-order chi connectivity index (χ1) is 3.18. The number of carbonyl (C=O) groups excluding carboxylic acids is 1. The maximum atomic E-state index is 9.95. The molecule has 0 aliphatic rings. The zero-order valence-corrected chi connectivity index (χ0v) is 4.56. The minimum absolute atomic E-state index is 0.331. The zero-order chi connectivity index (χ0) is 5.86. The van der Waals surface area contributed by atoms with Crippen LogP contribution in [-0.4, -0.2) is 22.9 Å². The van der Waals surface area contributed by atoms with Gasteiger partial charge in [-0.3, -0.25) is 4.79 Å². The van der Waals surface area contributed by atoms with Crippen LogP contribution in [0.3, 0.4) is 0 Å². The normalized spacial score (nSPS) is 13.6. The van der Waals surface area contributed by atoms with Crippen LogP contribution in [0.25, 0.3) is 0 Å². The molecule has 0 unspecified atom stereocenters. The molecule has 0 aromatic rings. The van der Waals surface area contributed by atoms with Crippen molar-refractivity contribution in [3.63, 3.8) is 0 Å². The van der Waals surface area contributed by atoms with E-state index < -0.39 is 11.2 Å². The highest BCUT2D eigenvalue weighted by Gasteiger charge is 2.04. The Bertz CT molecular complexity index is 75.3. The number of rotatable bonds is 2. The summed E-state index contributed by atoms with van der Waals surface area (Å²) in [7, 11) is 0. The third-order valence-corrected chi connectivity index (χ3v) is 0.846. The lowest BCUT2D eigenvalue weighted by atomic mass is 10.4. The molecule has 0 bridgehead atoms. The van der Waals surface area contributed by atoms with Crippen LogP contribution in [-0.2, 0) is 4.79 Å². The summed E-state index contributed by atoms with van der Waals surface area (Å²) in [5, 5.41) is 7.63. The Morgan fingerprint density at radius 1 is 2.00 bits per heavy atom. The first kappa shape index (κ1) is 6.94. The monoisotopic (exact) mass is 121 g/mol. The Morgan fingerprint density at radius 3 is 2.43 bits per heavy atom. The van der Waals surface area contributed by atoms with E-state index in [1.54, 1.807) is 0 Å². The first-order valence-electron chi connectivity index (χ1n) is 1.77. The minimum atomic E-state index is -0.816. The van der Waals surface area contributed by atoms with Gasteiger partial charge in [-0.15, -0.1) is 12.6 Å². The maximum Gasteiger partial charge on any atom is 0.204 e. The quantitative estimate of drug-likeness (QED) is 0.400. The third kappa shape index (κ3) is 2.61. The molecule has 3 N–H and O–H groups in total. The summed E-state index contributed by atoms with van der Waals surface area (Å²) < 4.78 is 0. The fourth-order valence-electron chi connectivity index (χ4n) is 0.0781. The Labute approximate surface area is 46.9 Å². The molecule has 42 valence electrons. The summed E-state index contributed by atoms with van der Waals surface area (Å²) >= 11 is 3.35. The van der Waals surface area contributed by atoms with Crippen LogP contribution in [0.1, 0.15) is 0 Å². The number of aliphatic hydroxyl groups is 1. The van der Waals surface area contributed by atoms with E-state index in [0.29, 0.717) is 0 Å². The highest BCUT2D eigenvalue weighted by Crippen LogP contribution is 1.82. The van der Waals surface area contributed by atoms with Gasteiger partial charge in [0.2, 0.25) is 5.12 Å². The molecular weight excluding hydrogens is 114 g/mol. The molecule has 0 saturated heterocycles. The van der Waals surface area contributed by atoms with Crippen molar-refractivity contribution in [2.24, 2.45) is 5.73 Å². The maximum absolute atomic E-state index is 9.95. The lowest BCUT2D eigenvalue weighted by Gasteiger charge is -1.97. The number of nitrogens with two attached hydrogens (primary N) is 1. The first-order valence-corrected chi connectivity index (χ1v) is 2.22. The van der Waals surface area contributed by atoms with E-state index in [2.05, 4.69) is 12.6 Å². The molecule has 3 nitrogen and oxygen atoms in total. The topological polar surface area (TPSA) is 63.3 Å². The molecule has 0 aliphatic carbocycles. The van der Waals surface area contributed by atoms with Crippen molar-refractivity contribution in [3.8, 4) is 0 Å². The molecule has 7 heavy (non-hydrogen) atoms. The molecule has 0 aromatic heterocycles. The SMILES string of the molecule is N[C@@H](CO)C(=O)S. The second-order valence-corrected chi connectivity index (χ2v) is 1.57. The van der Waals surface area contributed by atoms with Crippen LogP contribution in [0.5, 0.6) is 0 Å². The van der Waals surface area contributed by atoms with E-state index in [9.17, 15) is 4.79 Å². The molecule has 0 amide bonds. The molecule has 0 aromatic carbocycles. The summed E-state index contributed by atoms with van der Waals surface area (Å²) in [5.41, 5.74) is 4.94. The fraction of sp³-hybridized carbons (Fsp3) is 0.667. The van der Waals surface area contributed by atoms with Crippen molar-refractivity contribution >= 4 is 17.7 Å². The van der Waals surface area contributed by atoms with Gasteiger partial charge in [-0.25, -0.2) is 0 Å². The number of hydrogen-bond donors (Lipinski definition) is 3. The largest absolute Gasteiger partial charge is 0.394 e. The fourth-order valence-corrected chi connectivity index (χ4v) is 0.160. The lowest BCUT2D eigenvalue weighted by molar-refractivity contribution is -0.112. The Balaban J connectivity index is 3.34. The van der Waals surface area contributed by atoms with Gasteiger partial charge in [0.15, 0.2) is 0 Å². The van der Waals surface area contributed by atoms with E-state index in [1.165, 1.54) is 0 Å². The molecular formula is C3H7NO2S. The van der Waals surface area contributed by atoms with E-state index >= 15 is 0 Å². The van der Waals surface area contributed by atoms with E-state index in [-0.39, 0.29) is 6.61 Å². The van der Waals surface area contributed by atoms with Crippen LogP contribution in [0, 0.1) is 0 Å². The van der Waals surface area contributed by atoms with Gasteiger partial charge in [0, 0.05) is 0 Å². The number of carbonyl (C=O) groups is 1. The number of aliphatic hydroxyl groups excluding tert-OH is 1. The van der Waals surface area contributed by atoms with Crippen molar-refractivity contribution in [2.75, 3.05) is 6.61 Å². The minimum Gasteiger partial charge on any atom is -0.394 e. The van der Waals surface area contributed by atoms with Crippen LogP contribution >= 0.6 is 12.6 Å². The number of thiol groups is 1. The van der Waals surface area contributed by atoms with Crippen LogP contribution < -0.4 is 5.73 Å².